The molecule has 0 saturated heterocycles. The van der Waals surface area contributed by atoms with Crippen LogP contribution in [0.4, 0.5) is 0 Å². The third-order valence-corrected chi connectivity index (χ3v) is 4.97. The summed E-state index contributed by atoms with van der Waals surface area (Å²) in [4.78, 5) is 31.0. The Balaban J connectivity index is 1.61. The molecular formula is C20H23N3O4S. The molecule has 28 heavy (non-hydrogen) atoms. The van der Waals surface area contributed by atoms with Crippen molar-refractivity contribution in [3.05, 3.63) is 64.4 Å². The van der Waals surface area contributed by atoms with Gasteiger partial charge in [0.2, 0.25) is 5.91 Å². The van der Waals surface area contributed by atoms with Gasteiger partial charge in [-0.15, -0.1) is 11.3 Å². The number of hydrogen-bond acceptors (Lipinski definition) is 6. The number of rotatable bonds is 10. The lowest BCUT2D eigenvalue weighted by molar-refractivity contribution is -0.132. The number of carbonyl (C=O) groups is 2. The van der Waals surface area contributed by atoms with E-state index in [1.807, 2.05) is 6.07 Å². The maximum Gasteiger partial charge on any atom is 0.271 e. The molecule has 0 atom stereocenters. The Morgan fingerprint density at radius 1 is 1.14 bits per heavy atom. The lowest BCUT2D eigenvalue weighted by atomic mass is 10.2. The third kappa shape index (κ3) is 5.56. The van der Waals surface area contributed by atoms with Crippen LogP contribution >= 0.6 is 11.3 Å². The Kier molecular flexibility index (Phi) is 7.02. The van der Waals surface area contributed by atoms with Gasteiger partial charge in [-0.3, -0.25) is 9.59 Å². The van der Waals surface area contributed by atoms with Gasteiger partial charge >= 0.3 is 0 Å². The zero-order chi connectivity index (χ0) is 19.8. The molecule has 148 valence electrons. The van der Waals surface area contributed by atoms with Crippen molar-refractivity contribution in [3.63, 3.8) is 0 Å². The second-order valence-corrected chi connectivity index (χ2v) is 7.26. The first-order valence-corrected chi connectivity index (χ1v) is 10.1. The van der Waals surface area contributed by atoms with E-state index in [-0.39, 0.29) is 11.8 Å². The number of carbonyl (C=O) groups excluding carboxylic acids is 2. The fraction of sp³-hybridized carbons (Fsp3) is 0.350. The average molecular weight is 401 g/mol. The lowest BCUT2D eigenvalue weighted by Gasteiger charge is -2.20. The minimum Gasteiger partial charge on any atom is -0.467 e. The maximum atomic E-state index is 12.6. The van der Waals surface area contributed by atoms with Gasteiger partial charge < -0.3 is 19.1 Å². The summed E-state index contributed by atoms with van der Waals surface area (Å²) in [6.45, 7) is 3.09. The van der Waals surface area contributed by atoms with Gasteiger partial charge in [0, 0.05) is 11.8 Å². The van der Waals surface area contributed by atoms with Crippen LogP contribution in [0.3, 0.4) is 0 Å². The molecule has 1 N–H and O–H groups in total. The molecule has 3 aromatic rings. The fourth-order valence-electron chi connectivity index (χ4n) is 2.63. The predicted molar refractivity (Wildman–Crippen MR) is 104 cm³/mol. The van der Waals surface area contributed by atoms with Gasteiger partial charge in [-0.05, 0) is 30.7 Å². The molecule has 0 unspecified atom stereocenters. The van der Waals surface area contributed by atoms with Gasteiger partial charge in [0.1, 0.15) is 22.2 Å². The molecular weight excluding hydrogens is 378 g/mol. The second-order valence-electron chi connectivity index (χ2n) is 6.32. The van der Waals surface area contributed by atoms with Crippen LogP contribution in [0.2, 0.25) is 0 Å². The van der Waals surface area contributed by atoms with E-state index < -0.39 is 0 Å². The molecule has 0 aromatic carbocycles. The van der Waals surface area contributed by atoms with Crippen molar-refractivity contribution in [1.82, 2.24) is 15.2 Å². The molecule has 0 spiro atoms. The Labute approximate surface area is 167 Å². The molecule has 3 aromatic heterocycles. The van der Waals surface area contributed by atoms with Crippen molar-refractivity contribution in [1.29, 1.82) is 0 Å². The van der Waals surface area contributed by atoms with Crippen LogP contribution < -0.4 is 5.32 Å². The maximum absolute atomic E-state index is 12.6. The third-order valence-electron chi connectivity index (χ3n) is 4.14. The highest BCUT2D eigenvalue weighted by atomic mass is 32.1. The van der Waals surface area contributed by atoms with Crippen LogP contribution in [-0.4, -0.2) is 21.7 Å². The van der Waals surface area contributed by atoms with Crippen LogP contribution in [0.25, 0.3) is 0 Å². The highest BCUT2D eigenvalue weighted by Crippen LogP contribution is 2.17. The number of furan rings is 2. The highest BCUT2D eigenvalue weighted by molar-refractivity contribution is 7.09. The number of amides is 2. The summed E-state index contributed by atoms with van der Waals surface area (Å²) in [6.07, 6.45) is 5.43. The van der Waals surface area contributed by atoms with E-state index in [1.54, 1.807) is 41.0 Å². The second kappa shape index (κ2) is 9.89. The van der Waals surface area contributed by atoms with Crippen LogP contribution in [0.1, 0.15) is 53.2 Å². The topological polar surface area (TPSA) is 88.6 Å². The van der Waals surface area contributed by atoms with Crippen LogP contribution in [0, 0.1) is 0 Å². The van der Waals surface area contributed by atoms with Gasteiger partial charge in [0.05, 0.1) is 32.2 Å². The van der Waals surface area contributed by atoms with Crippen molar-refractivity contribution >= 4 is 23.2 Å². The number of nitrogens with one attached hydrogen (secondary N) is 1. The zero-order valence-electron chi connectivity index (χ0n) is 15.7. The summed E-state index contributed by atoms with van der Waals surface area (Å²) in [5, 5.41) is 5.18. The molecule has 7 nitrogen and oxygen atoms in total. The van der Waals surface area contributed by atoms with E-state index in [0.29, 0.717) is 42.5 Å². The average Bonchev–Trinajstić information content (AvgIpc) is 3.46. The first-order chi connectivity index (χ1) is 13.7. The molecule has 8 heteroatoms. The molecule has 0 radical (unpaired) electrons. The molecule has 0 bridgehead atoms. The molecule has 0 aliphatic rings. The standard InChI is InChI=1S/C20H23N3O4S/c1-2-3-8-19(24)23(12-16-7-5-10-27-16)13-18-22-17(14-28-18)20(25)21-11-15-6-4-9-26-15/h4-7,9-10,14H,2-3,8,11-13H2,1H3,(H,21,25). The summed E-state index contributed by atoms with van der Waals surface area (Å²) >= 11 is 1.36. The van der Waals surface area contributed by atoms with E-state index in [1.165, 1.54) is 11.3 Å². The number of thiazole rings is 1. The number of unbranched alkanes of at least 4 members (excludes halogenated alkanes) is 1. The van der Waals surface area contributed by atoms with Gasteiger partial charge in [-0.1, -0.05) is 13.3 Å². The minimum atomic E-state index is -0.270. The molecule has 3 heterocycles. The smallest absolute Gasteiger partial charge is 0.271 e. The SMILES string of the molecule is CCCCC(=O)N(Cc1ccco1)Cc1nc(C(=O)NCc2ccco2)cs1. The minimum absolute atomic E-state index is 0.0530. The molecule has 0 aliphatic heterocycles. The quantitative estimate of drug-likeness (QED) is 0.555. The summed E-state index contributed by atoms with van der Waals surface area (Å²) in [5.74, 6) is 1.18. The van der Waals surface area contributed by atoms with Crippen LogP contribution in [0.15, 0.2) is 51.0 Å². The summed E-state index contributed by atoms with van der Waals surface area (Å²) in [7, 11) is 0. The Morgan fingerprint density at radius 3 is 2.57 bits per heavy atom. The van der Waals surface area contributed by atoms with E-state index in [9.17, 15) is 9.59 Å². The molecule has 0 aliphatic carbocycles. The van der Waals surface area contributed by atoms with Crippen LogP contribution in [-0.2, 0) is 24.4 Å². The summed E-state index contributed by atoms with van der Waals surface area (Å²) < 4.78 is 10.6. The van der Waals surface area contributed by atoms with E-state index in [4.69, 9.17) is 8.83 Å². The highest BCUT2D eigenvalue weighted by Gasteiger charge is 2.18. The van der Waals surface area contributed by atoms with E-state index >= 15 is 0 Å². The van der Waals surface area contributed by atoms with Crippen molar-refractivity contribution in [2.75, 3.05) is 0 Å². The molecule has 3 rings (SSSR count). The Hall–Kier alpha value is -2.87. The number of nitrogens with zero attached hydrogens (tertiary/aromatic N) is 2. The van der Waals surface area contributed by atoms with Crippen molar-refractivity contribution in [2.45, 2.75) is 45.8 Å². The summed E-state index contributed by atoms with van der Waals surface area (Å²) in [6, 6.07) is 7.21. The van der Waals surface area contributed by atoms with Gasteiger partial charge in [-0.25, -0.2) is 4.98 Å². The van der Waals surface area contributed by atoms with E-state index in [0.717, 1.165) is 18.6 Å². The fourth-order valence-corrected chi connectivity index (χ4v) is 3.42. The monoisotopic (exact) mass is 401 g/mol. The van der Waals surface area contributed by atoms with Crippen LogP contribution in [0.5, 0.6) is 0 Å². The largest absolute Gasteiger partial charge is 0.467 e. The Morgan fingerprint density at radius 2 is 1.89 bits per heavy atom. The zero-order valence-corrected chi connectivity index (χ0v) is 16.5. The van der Waals surface area contributed by atoms with E-state index in [2.05, 4.69) is 17.2 Å². The number of hydrogen-bond donors (Lipinski definition) is 1. The molecule has 2 amide bonds. The normalized spacial score (nSPS) is 10.8. The van der Waals surface area contributed by atoms with Crippen molar-refractivity contribution < 1.29 is 18.4 Å². The molecule has 0 fully saturated rings. The van der Waals surface area contributed by atoms with Crippen molar-refractivity contribution in [3.8, 4) is 0 Å². The molecule has 0 saturated carbocycles. The summed E-state index contributed by atoms with van der Waals surface area (Å²) in [5.41, 5.74) is 0.338. The van der Waals surface area contributed by atoms with Gasteiger partial charge in [-0.2, -0.15) is 0 Å². The predicted octanol–water partition coefficient (Wildman–Crippen LogP) is 3.98. The van der Waals surface area contributed by atoms with Gasteiger partial charge in [0.15, 0.2) is 0 Å². The Bertz CT molecular complexity index is 871. The van der Waals surface area contributed by atoms with Gasteiger partial charge in [0.25, 0.3) is 5.91 Å². The van der Waals surface area contributed by atoms with Crippen molar-refractivity contribution in [2.24, 2.45) is 0 Å². The first-order valence-electron chi connectivity index (χ1n) is 9.21. The number of aromatic nitrogens is 1. The lowest BCUT2D eigenvalue weighted by Crippen LogP contribution is -2.30. The first kappa shape index (κ1) is 19.9.